The van der Waals surface area contributed by atoms with Crippen molar-refractivity contribution in [1.29, 1.82) is 0 Å². The van der Waals surface area contributed by atoms with E-state index in [-0.39, 0.29) is 5.91 Å². The number of rotatable bonds is 5. The van der Waals surface area contributed by atoms with Gasteiger partial charge in [0.2, 0.25) is 0 Å². The van der Waals surface area contributed by atoms with E-state index in [4.69, 9.17) is 0 Å². The molecule has 0 atom stereocenters. The number of nitrogens with zero attached hydrogens (tertiary/aromatic N) is 4. The second-order valence-corrected chi connectivity index (χ2v) is 5.57. The lowest BCUT2D eigenvalue weighted by molar-refractivity contribution is 0.0975. The van der Waals surface area contributed by atoms with Crippen LogP contribution in [-0.2, 0) is 13.1 Å². The van der Waals surface area contributed by atoms with Crippen molar-refractivity contribution >= 4 is 11.6 Å². The van der Waals surface area contributed by atoms with Crippen molar-refractivity contribution < 1.29 is 4.79 Å². The molecule has 0 unspecified atom stereocenters. The highest BCUT2D eigenvalue weighted by Gasteiger charge is 2.22. The molecule has 3 rings (SSSR count). The minimum Gasteiger partial charge on any atom is -0.303 e. The van der Waals surface area contributed by atoms with Gasteiger partial charge >= 0.3 is 0 Å². The van der Waals surface area contributed by atoms with Crippen LogP contribution in [0.5, 0.6) is 0 Å². The third-order valence-electron chi connectivity index (χ3n) is 3.80. The van der Waals surface area contributed by atoms with Gasteiger partial charge in [0.1, 0.15) is 5.69 Å². The summed E-state index contributed by atoms with van der Waals surface area (Å²) in [6.07, 6.45) is 3.51. The van der Waals surface area contributed by atoms with E-state index in [9.17, 15) is 4.79 Å². The molecule has 5 heteroatoms. The lowest BCUT2D eigenvalue weighted by atomic mass is 10.2. The number of anilines is 1. The summed E-state index contributed by atoms with van der Waals surface area (Å²) in [4.78, 5) is 19.1. The molecule has 2 aromatic heterocycles. The van der Waals surface area contributed by atoms with Crippen molar-refractivity contribution in [3.05, 3.63) is 77.9 Å². The first-order valence-electron chi connectivity index (χ1n) is 7.99. The van der Waals surface area contributed by atoms with Crippen molar-refractivity contribution in [3.8, 4) is 0 Å². The predicted molar refractivity (Wildman–Crippen MR) is 93.8 cm³/mol. The van der Waals surface area contributed by atoms with Crippen molar-refractivity contribution in [2.45, 2.75) is 26.9 Å². The van der Waals surface area contributed by atoms with Gasteiger partial charge in [-0.3, -0.25) is 14.5 Å². The van der Waals surface area contributed by atoms with E-state index in [1.54, 1.807) is 22.0 Å². The van der Waals surface area contributed by atoms with Crippen LogP contribution in [0, 0.1) is 6.92 Å². The van der Waals surface area contributed by atoms with E-state index in [2.05, 4.69) is 10.1 Å². The van der Waals surface area contributed by atoms with Crippen molar-refractivity contribution in [2.75, 3.05) is 4.90 Å². The van der Waals surface area contributed by atoms with Crippen LogP contribution in [0.2, 0.25) is 0 Å². The SMILES string of the molecule is CCn1nc(C)cc1C(=O)N(Cc1cccnc1)c1ccccc1. The molecule has 0 N–H and O–H groups in total. The first kappa shape index (κ1) is 15.9. The van der Waals surface area contributed by atoms with Gasteiger partial charge in [-0.15, -0.1) is 0 Å². The first-order valence-corrected chi connectivity index (χ1v) is 7.99. The highest BCUT2D eigenvalue weighted by Crippen LogP contribution is 2.20. The van der Waals surface area contributed by atoms with E-state index in [0.29, 0.717) is 18.8 Å². The molecule has 24 heavy (non-hydrogen) atoms. The van der Waals surface area contributed by atoms with Crippen molar-refractivity contribution in [1.82, 2.24) is 14.8 Å². The van der Waals surface area contributed by atoms with Crippen LogP contribution in [0.25, 0.3) is 0 Å². The maximum absolute atomic E-state index is 13.2. The molecule has 0 spiro atoms. The molecule has 1 amide bonds. The van der Waals surface area contributed by atoms with Gasteiger partial charge in [-0.05, 0) is 43.7 Å². The molecule has 0 saturated heterocycles. The Balaban J connectivity index is 1.99. The largest absolute Gasteiger partial charge is 0.303 e. The van der Waals surface area contributed by atoms with Crippen LogP contribution in [0.15, 0.2) is 60.9 Å². The fraction of sp³-hybridized carbons (Fsp3) is 0.211. The fourth-order valence-corrected chi connectivity index (χ4v) is 2.66. The van der Waals surface area contributed by atoms with Crippen molar-refractivity contribution in [3.63, 3.8) is 0 Å². The lowest BCUT2D eigenvalue weighted by Crippen LogP contribution is -2.32. The number of pyridine rings is 1. The van der Waals surface area contributed by atoms with Gasteiger partial charge in [-0.1, -0.05) is 24.3 Å². The van der Waals surface area contributed by atoms with Gasteiger partial charge in [-0.2, -0.15) is 5.10 Å². The summed E-state index contributed by atoms with van der Waals surface area (Å²) in [7, 11) is 0. The van der Waals surface area contributed by atoms with Gasteiger partial charge in [0.05, 0.1) is 12.2 Å². The third-order valence-corrected chi connectivity index (χ3v) is 3.80. The maximum Gasteiger partial charge on any atom is 0.276 e. The van der Waals surface area contributed by atoms with Gasteiger partial charge in [0.15, 0.2) is 0 Å². The Morgan fingerprint density at radius 3 is 2.62 bits per heavy atom. The maximum atomic E-state index is 13.2. The number of carbonyl (C=O) groups excluding carboxylic acids is 1. The van der Waals surface area contributed by atoms with E-state index < -0.39 is 0 Å². The van der Waals surface area contributed by atoms with Crippen molar-refractivity contribution in [2.24, 2.45) is 0 Å². The number of hydrogen-bond donors (Lipinski definition) is 0. The molecule has 5 nitrogen and oxygen atoms in total. The summed E-state index contributed by atoms with van der Waals surface area (Å²) < 4.78 is 1.75. The number of hydrogen-bond acceptors (Lipinski definition) is 3. The molecule has 0 aliphatic carbocycles. The Bertz CT molecular complexity index is 812. The van der Waals surface area contributed by atoms with E-state index >= 15 is 0 Å². The standard InChI is InChI=1S/C19H20N4O/c1-3-23-18(12-15(2)21-23)19(24)22(17-9-5-4-6-10-17)14-16-8-7-11-20-13-16/h4-13H,3,14H2,1-2H3. The highest BCUT2D eigenvalue weighted by molar-refractivity contribution is 6.05. The molecule has 0 aliphatic heterocycles. The number of benzene rings is 1. The summed E-state index contributed by atoms with van der Waals surface area (Å²) in [5, 5.41) is 4.39. The number of amides is 1. The zero-order valence-corrected chi connectivity index (χ0v) is 13.9. The summed E-state index contributed by atoms with van der Waals surface area (Å²) in [6.45, 7) is 5.00. The van der Waals surface area contributed by atoms with Crippen LogP contribution in [0.3, 0.4) is 0 Å². The van der Waals surface area contributed by atoms with Gasteiger partial charge < -0.3 is 4.90 Å². The van der Waals surface area contributed by atoms with Gasteiger partial charge in [0.25, 0.3) is 5.91 Å². The molecule has 122 valence electrons. The molecule has 3 aromatic rings. The predicted octanol–water partition coefficient (Wildman–Crippen LogP) is 3.45. The zero-order valence-electron chi connectivity index (χ0n) is 13.9. The summed E-state index contributed by atoms with van der Waals surface area (Å²) in [5.74, 6) is -0.0625. The Kier molecular flexibility index (Phi) is 4.70. The van der Waals surface area contributed by atoms with E-state index in [0.717, 1.165) is 16.9 Å². The molecule has 2 heterocycles. The van der Waals surface area contributed by atoms with Crippen LogP contribution < -0.4 is 4.90 Å². The second kappa shape index (κ2) is 7.08. The van der Waals surface area contributed by atoms with Crippen LogP contribution in [0.1, 0.15) is 28.7 Å². The average Bonchev–Trinajstić information content (AvgIpc) is 3.01. The van der Waals surface area contributed by atoms with Gasteiger partial charge in [-0.25, -0.2) is 0 Å². The average molecular weight is 320 g/mol. The number of aromatic nitrogens is 3. The Morgan fingerprint density at radius 1 is 1.17 bits per heavy atom. The van der Waals surface area contributed by atoms with E-state index in [1.165, 1.54) is 0 Å². The topological polar surface area (TPSA) is 51.0 Å². The smallest absolute Gasteiger partial charge is 0.276 e. The minimum absolute atomic E-state index is 0.0625. The number of carbonyl (C=O) groups is 1. The molecule has 0 fully saturated rings. The van der Waals surface area contributed by atoms with Gasteiger partial charge in [0, 0.05) is 24.6 Å². The molecular formula is C19H20N4O. The normalized spacial score (nSPS) is 10.6. The molecular weight excluding hydrogens is 300 g/mol. The molecule has 0 aliphatic rings. The summed E-state index contributed by atoms with van der Waals surface area (Å²) in [5.41, 5.74) is 3.28. The highest BCUT2D eigenvalue weighted by atomic mass is 16.2. The number of para-hydroxylation sites is 1. The summed E-state index contributed by atoms with van der Waals surface area (Å²) >= 11 is 0. The Labute approximate surface area is 141 Å². The molecule has 0 radical (unpaired) electrons. The Morgan fingerprint density at radius 2 is 1.96 bits per heavy atom. The monoisotopic (exact) mass is 320 g/mol. The first-order chi connectivity index (χ1) is 11.7. The lowest BCUT2D eigenvalue weighted by Gasteiger charge is -2.23. The molecule has 0 bridgehead atoms. The molecule has 0 saturated carbocycles. The minimum atomic E-state index is -0.0625. The fourth-order valence-electron chi connectivity index (χ4n) is 2.66. The number of aryl methyl sites for hydroxylation is 2. The quantitative estimate of drug-likeness (QED) is 0.723. The zero-order chi connectivity index (χ0) is 16.9. The Hall–Kier alpha value is -2.95. The molecule has 1 aromatic carbocycles. The summed E-state index contributed by atoms with van der Waals surface area (Å²) in [6, 6.07) is 15.4. The third kappa shape index (κ3) is 3.35. The van der Waals surface area contributed by atoms with Crippen LogP contribution in [0.4, 0.5) is 5.69 Å². The van der Waals surface area contributed by atoms with Crippen LogP contribution >= 0.6 is 0 Å². The van der Waals surface area contributed by atoms with Crippen LogP contribution in [-0.4, -0.2) is 20.7 Å². The second-order valence-electron chi connectivity index (χ2n) is 5.57. The van der Waals surface area contributed by atoms with E-state index in [1.807, 2.05) is 62.4 Å².